The number of hydrogen-bond donors (Lipinski definition) is 1. The zero-order valence-corrected chi connectivity index (χ0v) is 11.9. The van der Waals surface area contributed by atoms with Gasteiger partial charge >= 0.3 is 0 Å². The molecule has 1 aromatic carbocycles. The molecule has 2 heterocycles. The van der Waals surface area contributed by atoms with Crippen molar-refractivity contribution in [2.45, 2.75) is 32.6 Å². The molecule has 0 bridgehead atoms. The van der Waals surface area contributed by atoms with Crippen LogP contribution in [0.25, 0.3) is 10.9 Å². The summed E-state index contributed by atoms with van der Waals surface area (Å²) < 4.78 is 0. The Kier molecular flexibility index (Phi) is 3.88. The lowest BCUT2D eigenvalue weighted by Gasteiger charge is -2.32. The molecule has 1 fully saturated rings. The third-order valence-corrected chi connectivity index (χ3v) is 4.55. The normalized spacial score (nSPS) is 21.0. The summed E-state index contributed by atoms with van der Waals surface area (Å²) in [5.74, 6) is 0.928. The van der Waals surface area contributed by atoms with Crippen molar-refractivity contribution in [1.29, 1.82) is 0 Å². The second-order valence-corrected chi connectivity index (χ2v) is 5.83. The van der Waals surface area contributed by atoms with Gasteiger partial charge in [-0.15, -0.1) is 0 Å². The predicted molar refractivity (Wildman–Crippen MR) is 81.5 cm³/mol. The molecule has 1 N–H and O–H groups in total. The average Bonchev–Trinajstić information content (AvgIpc) is 2.89. The Bertz CT molecular complexity index is 529. The van der Waals surface area contributed by atoms with Crippen LogP contribution in [0.5, 0.6) is 0 Å². The Hall–Kier alpha value is -1.28. The van der Waals surface area contributed by atoms with Gasteiger partial charge in [0.25, 0.3) is 0 Å². The fourth-order valence-corrected chi connectivity index (χ4v) is 3.30. The first-order valence-electron chi connectivity index (χ1n) is 7.64. The largest absolute Gasteiger partial charge is 0.361 e. The molecule has 0 spiro atoms. The average molecular weight is 256 g/mol. The van der Waals surface area contributed by atoms with Gasteiger partial charge in [0.2, 0.25) is 0 Å². The SMILES string of the molecule is CC[C@@H]1CCCN(CCc2c[nH]c3ccccc23)C1. The van der Waals surface area contributed by atoms with Crippen LogP contribution in [-0.2, 0) is 6.42 Å². The van der Waals surface area contributed by atoms with E-state index < -0.39 is 0 Å². The Labute approximate surface area is 115 Å². The molecule has 19 heavy (non-hydrogen) atoms. The fourth-order valence-electron chi connectivity index (χ4n) is 3.30. The first kappa shape index (κ1) is 12.7. The van der Waals surface area contributed by atoms with Crippen LogP contribution in [0.2, 0.25) is 0 Å². The van der Waals surface area contributed by atoms with Crippen molar-refractivity contribution in [2.24, 2.45) is 5.92 Å². The minimum atomic E-state index is 0.928. The topological polar surface area (TPSA) is 19.0 Å². The van der Waals surface area contributed by atoms with Gasteiger partial charge in [-0.1, -0.05) is 31.5 Å². The smallest absolute Gasteiger partial charge is 0.0456 e. The van der Waals surface area contributed by atoms with E-state index in [2.05, 4.69) is 47.3 Å². The van der Waals surface area contributed by atoms with Crippen molar-refractivity contribution in [3.05, 3.63) is 36.0 Å². The monoisotopic (exact) mass is 256 g/mol. The molecule has 2 aromatic rings. The molecule has 0 saturated carbocycles. The Balaban J connectivity index is 1.63. The van der Waals surface area contributed by atoms with Crippen LogP contribution in [0.15, 0.2) is 30.5 Å². The van der Waals surface area contributed by atoms with Crippen LogP contribution in [0.1, 0.15) is 31.7 Å². The maximum Gasteiger partial charge on any atom is 0.0456 e. The number of aromatic amines is 1. The Morgan fingerprint density at radius 2 is 2.21 bits per heavy atom. The van der Waals surface area contributed by atoms with E-state index >= 15 is 0 Å². The van der Waals surface area contributed by atoms with E-state index in [4.69, 9.17) is 0 Å². The number of benzene rings is 1. The van der Waals surface area contributed by atoms with Gasteiger partial charge in [0.15, 0.2) is 0 Å². The number of hydrogen-bond acceptors (Lipinski definition) is 1. The molecule has 1 aromatic heterocycles. The van der Waals surface area contributed by atoms with Gasteiger partial charge < -0.3 is 9.88 Å². The number of aromatic nitrogens is 1. The van der Waals surface area contributed by atoms with Crippen LogP contribution in [0.4, 0.5) is 0 Å². The van der Waals surface area contributed by atoms with Crippen molar-refractivity contribution >= 4 is 10.9 Å². The van der Waals surface area contributed by atoms with E-state index in [9.17, 15) is 0 Å². The van der Waals surface area contributed by atoms with E-state index in [1.807, 2.05) is 0 Å². The van der Waals surface area contributed by atoms with Crippen LogP contribution in [0.3, 0.4) is 0 Å². The van der Waals surface area contributed by atoms with Gasteiger partial charge in [-0.05, 0) is 43.4 Å². The number of piperidine rings is 1. The lowest BCUT2D eigenvalue weighted by Crippen LogP contribution is -2.36. The van der Waals surface area contributed by atoms with Crippen molar-refractivity contribution in [3.63, 3.8) is 0 Å². The van der Waals surface area contributed by atoms with E-state index in [1.165, 1.54) is 61.8 Å². The summed E-state index contributed by atoms with van der Waals surface area (Å²) in [4.78, 5) is 6.03. The standard InChI is InChI=1S/C17H24N2/c1-2-14-6-5-10-19(13-14)11-9-15-12-18-17-8-4-3-7-16(15)17/h3-4,7-8,12,14,18H,2,5-6,9-11,13H2,1H3/t14-/m1/s1. The summed E-state index contributed by atoms with van der Waals surface area (Å²) in [6.07, 6.45) is 7.50. The number of H-pyrrole nitrogens is 1. The molecule has 0 amide bonds. The molecule has 1 aliphatic heterocycles. The summed E-state index contributed by atoms with van der Waals surface area (Å²) in [5.41, 5.74) is 2.73. The van der Waals surface area contributed by atoms with Crippen LogP contribution in [0, 0.1) is 5.92 Å². The number of nitrogens with zero attached hydrogens (tertiary/aromatic N) is 1. The highest BCUT2D eigenvalue weighted by Gasteiger charge is 2.18. The maximum atomic E-state index is 3.38. The van der Waals surface area contributed by atoms with Gasteiger partial charge in [0.1, 0.15) is 0 Å². The number of para-hydroxylation sites is 1. The van der Waals surface area contributed by atoms with E-state index in [0.717, 1.165) is 5.92 Å². The lowest BCUT2D eigenvalue weighted by molar-refractivity contribution is 0.173. The maximum absolute atomic E-state index is 3.38. The summed E-state index contributed by atoms with van der Waals surface area (Å²) in [5, 5.41) is 1.39. The van der Waals surface area contributed by atoms with Crippen molar-refractivity contribution in [1.82, 2.24) is 9.88 Å². The van der Waals surface area contributed by atoms with Gasteiger partial charge in [-0.25, -0.2) is 0 Å². The van der Waals surface area contributed by atoms with Crippen molar-refractivity contribution in [2.75, 3.05) is 19.6 Å². The van der Waals surface area contributed by atoms with Gasteiger partial charge in [-0.3, -0.25) is 0 Å². The Morgan fingerprint density at radius 1 is 1.32 bits per heavy atom. The summed E-state index contributed by atoms with van der Waals surface area (Å²) in [7, 11) is 0. The first-order valence-corrected chi connectivity index (χ1v) is 7.64. The number of rotatable bonds is 4. The Morgan fingerprint density at radius 3 is 3.11 bits per heavy atom. The minimum absolute atomic E-state index is 0.928. The highest BCUT2D eigenvalue weighted by molar-refractivity contribution is 5.83. The van der Waals surface area contributed by atoms with Crippen molar-refractivity contribution < 1.29 is 0 Å². The van der Waals surface area contributed by atoms with Gasteiger partial charge in [0.05, 0.1) is 0 Å². The predicted octanol–water partition coefficient (Wildman–Crippen LogP) is 3.83. The van der Waals surface area contributed by atoms with E-state index in [-0.39, 0.29) is 0 Å². The molecular weight excluding hydrogens is 232 g/mol. The molecule has 0 aliphatic carbocycles. The number of fused-ring (bicyclic) bond motifs is 1. The van der Waals surface area contributed by atoms with Crippen LogP contribution >= 0.6 is 0 Å². The minimum Gasteiger partial charge on any atom is -0.361 e. The van der Waals surface area contributed by atoms with Gasteiger partial charge in [0, 0.05) is 30.2 Å². The van der Waals surface area contributed by atoms with Gasteiger partial charge in [-0.2, -0.15) is 0 Å². The quantitative estimate of drug-likeness (QED) is 0.880. The zero-order valence-electron chi connectivity index (χ0n) is 11.9. The lowest BCUT2D eigenvalue weighted by atomic mass is 9.95. The molecule has 0 radical (unpaired) electrons. The summed E-state index contributed by atoms with van der Waals surface area (Å²) >= 11 is 0. The molecule has 2 nitrogen and oxygen atoms in total. The zero-order chi connectivity index (χ0) is 13.1. The summed E-state index contributed by atoms with van der Waals surface area (Å²) in [6, 6.07) is 8.62. The molecule has 3 rings (SSSR count). The first-order chi connectivity index (χ1) is 9.36. The fraction of sp³-hybridized carbons (Fsp3) is 0.529. The highest BCUT2D eigenvalue weighted by atomic mass is 15.1. The van der Waals surface area contributed by atoms with E-state index in [0.29, 0.717) is 0 Å². The molecule has 1 atom stereocenters. The molecular formula is C17H24N2. The summed E-state index contributed by atoms with van der Waals surface area (Å²) in [6.45, 7) is 6.13. The molecule has 2 heteroatoms. The van der Waals surface area contributed by atoms with Crippen molar-refractivity contribution in [3.8, 4) is 0 Å². The molecule has 1 saturated heterocycles. The second-order valence-electron chi connectivity index (χ2n) is 5.83. The second kappa shape index (κ2) is 5.79. The molecule has 0 unspecified atom stereocenters. The highest BCUT2D eigenvalue weighted by Crippen LogP contribution is 2.21. The third kappa shape index (κ3) is 2.84. The molecule has 102 valence electrons. The number of likely N-dealkylation sites (tertiary alicyclic amines) is 1. The van der Waals surface area contributed by atoms with Crippen LogP contribution in [-0.4, -0.2) is 29.5 Å². The van der Waals surface area contributed by atoms with E-state index in [1.54, 1.807) is 0 Å². The van der Waals surface area contributed by atoms with Crippen LogP contribution < -0.4 is 0 Å². The molecule has 1 aliphatic rings. The number of nitrogens with one attached hydrogen (secondary N) is 1. The third-order valence-electron chi connectivity index (χ3n) is 4.55.